The smallest absolute Gasteiger partial charge is 0.163 e. The Bertz CT molecular complexity index is 2980. The first-order valence-electron chi connectivity index (χ1n) is 26.8. The van der Waals surface area contributed by atoms with Crippen LogP contribution in [0.4, 0.5) is 4.39 Å². The summed E-state index contributed by atoms with van der Waals surface area (Å²) in [6.07, 6.45) is 8.65. The highest BCUT2D eigenvalue weighted by molar-refractivity contribution is 5.99. The summed E-state index contributed by atoms with van der Waals surface area (Å²) in [6.45, 7) is 13.4. The van der Waals surface area contributed by atoms with E-state index in [1.165, 1.54) is 74.9 Å². The fourth-order valence-electron chi connectivity index (χ4n) is 7.44. The van der Waals surface area contributed by atoms with Crippen molar-refractivity contribution in [2.24, 2.45) is 0 Å². The van der Waals surface area contributed by atoms with Crippen LogP contribution in [-0.2, 0) is 11.2 Å². The number of ketones is 8. The third-order valence-corrected chi connectivity index (χ3v) is 12.3. The van der Waals surface area contributed by atoms with Crippen molar-refractivity contribution in [1.82, 2.24) is 0 Å². The summed E-state index contributed by atoms with van der Waals surface area (Å²) in [5.41, 5.74) is 8.53. The number of carbonyl (C=O) groups excluding carboxylic acids is 8. The van der Waals surface area contributed by atoms with E-state index in [9.17, 15) is 47.9 Å². The second-order valence-corrected chi connectivity index (χ2v) is 18.8. The summed E-state index contributed by atoms with van der Waals surface area (Å²) < 4.78 is 22.2. The molecule has 0 atom stereocenters. The molecular formula is C69H77FO11. The molecule has 1 fully saturated rings. The highest BCUT2D eigenvalue weighted by Crippen LogP contribution is 2.26. The number of rotatable bonds is 9. The number of benzene rings is 7. The van der Waals surface area contributed by atoms with Gasteiger partial charge in [0.1, 0.15) is 17.3 Å². The van der Waals surface area contributed by atoms with E-state index in [2.05, 4.69) is 0 Å². The quantitative estimate of drug-likeness (QED) is 0.136. The minimum Gasteiger partial charge on any atom is -0.504 e. The normalized spacial score (nSPS) is 11.4. The Labute approximate surface area is 477 Å². The topological polar surface area (TPSA) is 175 Å². The number of aryl methyl sites for hydroxylation is 3. The number of hydrogen-bond acceptors (Lipinski definition) is 11. The highest BCUT2D eigenvalue weighted by Gasteiger charge is 2.15. The van der Waals surface area contributed by atoms with Gasteiger partial charge in [0.05, 0.1) is 14.2 Å². The Hall–Kier alpha value is -8.77. The van der Waals surface area contributed by atoms with E-state index in [1.54, 1.807) is 46.1 Å². The zero-order valence-electron chi connectivity index (χ0n) is 48.4. The second kappa shape index (κ2) is 37.9. The van der Waals surface area contributed by atoms with Crippen LogP contribution in [0.5, 0.6) is 17.2 Å². The summed E-state index contributed by atoms with van der Waals surface area (Å²) in [4.78, 5) is 86.7. The first-order chi connectivity index (χ1) is 38.6. The monoisotopic (exact) mass is 1100 g/mol. The standard InChI is InChI=1S/C10H12O2.C10H10O.C9H10O3.2C9H10O.C8H7FO.C8H8O.C6H10O/c1-7-4-5-9(8(2)11)6-10(7)12-3;11-10-7-3-5-8-4-1-2-6-9(8)10;1-6(10)7-3-4-8(11)9(5-7)12-2;1-7-3-5-9(6-4-7)8(2)10;1-2-9(10)8-6-4-3-5-7-8;1-6(10)7-2-4-8(9)5-3-7;1-7(9)8-5-3-2-4-6-8;7-6-4-2-1-3-5-6/h4-6H,1-3H3;1-2,4,6H,3,5,7H2;3-5,11H,1-2H3;3-6H,1-2H3;3-7H,2H2,1H3;2-5H,1H3;2-6H,1H3;1-5H2. The SMILES string of the molecule is CC(=O)c1ccc(C)cc1.CC(=O)c1ccc(F)cc1.CC(=O)c1ccccc1.CCC(=O)c1ccccc1.COc1cc(C(C)=O)ccc1C.COc1cc(C(C)=O)ccc1O.O=C1CCCCC1.O=C1CCCc2ccccc21. The fourth-order valence-corrected chi connectivity index (χ4v) is 7.44. The molecule has 2 aliphatic carbocycles. The number of hydrogen-bond donors (Lipinski definition) is 1. The predicted octanol–water partition coefficient (Wildman–Crippen LogP) is 15.9. The zero-order valence-corrected chi connectivity index (χ0v) is 48.4. The summed E-state index contributed by atoms with van der Waals surface area (Å²) >= 11 is 0. The van der Waals surface area contributed by atoms with E-state index in [-0.39, 0.29) is 46.3 Å². The Morgan fingerprint density at radius 2 is 0.877 bits per heavy atom. The molecule has 7 aromatic rings. The Morgan fingerprint density at radius 3 is 1.31 bits per heavy atom. The van der Waals surface area contributed by atoms with Gasteiger partial charge in [0.2, 0.25) is 0 Å². The molecule has 0 aromatic heterocycles. The number of methoxy groups -OCH3 is 2. The maximum absolute atomic E-state index is 12.2. The van der Waals surface area contributed by atoms with Crippen molar-refractivity contribution >= 4 is 46.3 Å². The van der Waals surface area contributed by atoms with Gasteiger partial charge in [-0.1, -0.05) is 140 Å². The number of aromatic hydroxyl groups is 1. The van der Waals surface area contributed by atoms with Crippen molar-refractivity contribution in [3.8, 4) is 17.2 Å². The molecule has 9 rings (SSSR count). The van der Waals surface area contributed by atoms with Crippen molar-refractivity contribution < 1.29 is 57.3 Å². The van der Waals surface area contributed by atoms with Crippen molar-refractivity contribution in [3.63, 3.8) is 0 Å². The molecule has 1 N–H and O–H groups in total. The van der Waals surface area contributed by atoms with Gasteiger partial charge in [-0.2, -0.15) is 0 Å². The molecule has 0 heterocycles. The first kappa shape index (κ1) is 68.3. The van der Waals surface area contributed by atoms with Gasteiger partial charge in [0, 0.05) is 64.6 Å². The molecule has 0 bridgehead atoms. The Kier molecular flexibility index (Phi) is 32.0. The minimum absolute atomic E-state index is 0.0417. The van der Waals surface area contributed by atoms with Gasteiger partial charge in [-0.25, -0.2) is 4.39 Å². The summed E-state index contributed by atoms with van der Waals surface area (Å²) in [5, 5.41) is 9.18. The van der Waals surface area contributed by atoms with Crippen LogP contribution in [0, 0.1) is 19.7 Å². The van der Waals surface area contributed by atoms with Crippen LogP contribution in [0.3, 0.4) is 0 Å². The maximum atomic E-state index is 12.2. The number of halogens is 1. The lowest BCUT2D eigenvalue weighted by atomic mass is 9.91. The number of phenols is 1. The summed E-state index contributed by atoms with van der Waals surface area (Å²) in [5.74, 6) is 2.02. The fraction of sp³-hybridized carbons (Fsp3) is 0.275. The van der Waals surface area contributed by atoms with Gasteiger partial charge >= 0.3 is 0 Å². The molecule has 426 valence electrons. The van der Waals surface area contributed by atoms with Crippen LogP contribution >= 0.6 is 0 Å². The van der Waals surface area contributed by atoms with Gasteiger partial charge in [-0.05, 0) is 134 Å². The molecule has 0 unspecified atom stereocenters. The van der Waals surface area contributed by atoms with E-state index in [1.807, 2.05) is 136 Å². The number of carbonyl (C=O) groups is 8. The van der Waals surface area contributed by atoms with Crippen molar-refractivity contribution in [2.75, 3.05) is 14.2 Å². The van der Waals surface area contributed by atoms with Gasteiger partial charge in [0.15, 0.2) is 52.0 Å². The lowest BCUT2D eigenvalue weighted by Crippen LogP contribution is -2.09. The number of Topliss-reactive ketones (excluding diaryl/α,β-unsaturated/α-hetero) is 8. The van der Waals surface area contributed by atoms with Crippen LogP contribution in [0.15, 0.2) is 170 Å². The summed E-state index contributed by atoms with van der Waals surface area (Å²) in [7, 11) is 3.05. The van der Waals surface area contributed by atoms with E-state index < -0.39 is 0 Å². The lowest BCUT2D eigenvalue weighted by Gasteiger charge is -2.12. The van der Waals surface area contributed by atoms with Crippen molar-refractivity contribution in [2.45, 2.75) is 113 Å². The number of fused-ring (bicyclic) bond motifs is 1. The first-order valence-corrected chi connectivity index (χ1v) is 26.8. The molecule has 7 aromatic carbocycles. The van der Waals surface area contributed by atoms with Crippen molar-refractivity contribution in [1.29, 1.82) is 0 Å². The average Bonchev–Trinajstić information content (AvgIpc) is 3.47. The van der Waals surface area contributed by atoms with Crippen LogP contribution in [-0.4, -0.2) is 65.6 Å². The molecule has 2 aliphatic rings. The maximum Gasteiger partial charge on any atom is 0.163 e. The molecule has 81 heavy (non-hydrogen) atoms. The predicted molar refractivity (Wildman–Crippen MR) is 319 cm³/mol. The van der Waals surface area contributed by atoms with Gasteiger partial charge in [0.25, 0.3) is 0 Å². The van der Waals surface area contributed by atoms with Gasteiger partial charge in [-0.15, -0.1) is 0 Å². The molecular weight excluding hydrogens is 1020 g/mol. The number of phenolic OH excluding ortho intramolecular Hbond substituents is 1. The molecule has 11 nitrogen and oxygen atoms in total. The van der Waals surface area contributed by atoms with Crippen LogP contribution in [0.25, 0.3) is 0 Å². The van der Waals surface area contributed by atoms with E-state index in [0.29, 0.717) is 40.4 Å². The van der Waals surface area contributed by atoms with Crippen LogP contribution < -0.4 is 9.47 Å². The molecule has 12 heteroatoms. The highest BCUT2D eigenvalue weighted by atomic mass is 19.1. The third kappa shape index (κ3) is 27.1. The molecule has 1 saturated carbocycles. The molecule has 0 radical (unpaired) electrons. The minimum atomic E-state index is -0.315. The van der Waals surface area contributed by atoms with Gasteiger partial charge < -0.3 is 14.6 Å². The number of ether oxygens (including phenoxy) is 2. The van der Waals surface area contributed by atoms with Crippen molar-refractivity contribution in [3.05, 3.63) is 231 Å². The molecule has 0 aliphatic heterocycles. The van der Waals surface area contributed by atoms with E-state index >= 15 is 0 Å². The Morgan fingerprint density at radius 1 is 0.457 bits per heavy atom. The Balaban J connectivity index is 0.000000317. The third-order valence-electron chi connectivity index (χ3n) is 12.3. The van der Waals surface area contributed by atoms with E-state index in [0.717, 1.165) is 78.5 Å². The zero-order chi connectivity index (χ0) is 60.3. The van der Waals surface area contributed by atoms with E-state index in [4.69, 9.17) is 9.47 Å². The van der Waals surface area contributed by atoms with Crippen LogP contribution in [0.2, 0.25) is 0 Å². The largest absolute Gasteiger partial charge is 0.504 e. The molecule has 0 amide bonds. The molecule has 0 saturated heterocycles. The summed E-state index contributed by atoms with van der Waals surface area (Å²) in [6, 6.07) is 49.5. The average molecular weight is 1100 g/mol. The second-order valence-electron chi connectivity index (χ2n) is 18.8. The molecule has 0 spiro atoms. The lowest BCUT2D eigenvalue weighted by molar-refractivity contribution is -0.120. The van der Waals surface area contributed by atoms with Gasteiger partial charge in [-0.3, -0.25) is 38.4 Å². The van der Waals surface area contributed by atoms with Crippen LogP contribution in [0.1, 0.15) is 182 Å².